The third kappa shape index (κ3) is 46.2. The van der Waals surface area contributed by atoms with Gasteiger partial charge in [-0.3, -0.25) is 16.8 Å². The number of hydrogen-bond donors (Lipinski definition) is 0. The second-order valence-corrected chi connectivity index (χ2v) is 10.8. The van der Waals surface area contributed by atoms with E-state index in [0.29, 0.717) is 0 Å². The maximum absolute atomic E-state index is 8.52. The summed E-state index contributed by atoms with van der Waals surface area (Å²) in [5.74, 6) is 1.93. The van der Waals surface area contributed by atoms with E-state index in [1.54, 1.807) is 0 Å². The Hall–Kier alpha value is 1.98. The number of ether oxygens (including phenoxy) is 1. The second-order valence-electron chi connectivity index (χ2n) is 9.19. The Balaban J connectivity index is -0.000000298. The molecule has 0 aromatic heterocycles. The van der Waals surface area contributed by atoms with Crippen molar-refractivity contribution in [3.05, 3.63) is 60.2 Å². The van der Waals surface area contributed by atoms with E-state index in [-0.39, 0.29) is 118 Å². The standard InChI is InChI=1S/C28H42O.4Na.2H2O4S/c1-2-3-4-5-6-7-8-9-10-11-12-13-14-16-21-26-22-19-20-25-28(26)29-27-23-17-15-18-24-27;;;;;2*1-5(2,3)4/h15,17-20,22-25H,2-14,16,21H2,1H3;;;;;2*(H2,1,2,3,4)/q;4*+1;;/p-4. The fourth-order valence-electron chi connectivity index (χ4n) is 3.94. The van der Waals surface area contributed by atoms with Crippen LogP contribution in [0.1, 0.15) is 102 Å². The van der Waals surface area contributed by atoms with Crippen molar-refractivity contribution in [3.8, 4) is 11.5 Å². The quantitative estimate of drug-likeness (QED) is 0.0688. The summed E-state index contributed by atoms with van der Waals surface area (Å²) < 4.78 is 74.2. The van der Waals surface area contributed by atoms with Crippen LogP contribution in [0.5, 0.6) is 11.5 Å². The van der Waals surface area contributed by atoms with Gasteiger partial charge in [-0.25, -0.2) is 0 Å². The molecule has 43 heavy (non-hydrogen) atoms. The van der Waals surface area contributed by atoms with Crippen LogP contribution in [0.3, 0.4) is 0 Å². The van der Waals surface area contributed by atoms with E-state index >= 15 is 0 Å². The Labute approximate surface area is 348 Å². The molecule has 0 aliphatic heterocycles. The molecule has 0 unspecified atom stereocenters. The van der Waals surface area contributed by atoms with Crippen LogP contribution in [-0.4, -0.2) is 35.0 Å². The van der Waals surface area contributed by atoms with E-state index in [1.807, 2.05) is 30.3 Å². The molecule has 0 aliphatic rings. The molecule has 15 heteroatoms. The molecular weight excluding hydrogens is 636 g/mol. The van der Waals surface area contributed by atoms with Crippen LogP contribution >= 0.6 is 0 Å². The molecule has 0 amide bonds. The fraction of sp³-hybridized carbons (Fsp3) is 0.571. The van der Waals surface area contributed by atoms with E-state index in [2.05, 4.69) is 31.2 Å². The SMILES string of the molecule is CCCCCCCCCCCCCCCCc1ccccc1Oc1ccccc1.O=S(=O)([O-])[O-].O=S(=O)([O-])[O-].[Na+].[Na+].[Na+].[Na+]. The Bertz CT molecular complexity index is 1030. The first-order valence-electron chi connectivity index (χ1n) is 13.5. The van der Waals surface area contributed by atoms with Crippen LogP contribution in [0.15, 0.2) is 54.6 Å². The Morgan fingerprint density at radius 3 is 1.23 bits per heavy atom. The largest absolute Gasteiger partial charge is 1.00 e. The molecule has 9 nitrogen and oxygen atoms in total. The van der Waals surface area contributed by atoms with Gasteiger partial charge >= 0.3 is 118 Å². The topological polar surface area (TPSA) is 170 Å². The summed E-state index contributed by atoms with van der Waals surface area (Å²) >= 11 is 0. The molecule has 2 aromatic carbocycles. The predicted molar refractivity (Wildman–Crippen MR) is 148 cm³/mol. The van der Waals surface area contributed by atoms with Crippen molar-refractivity contribution in [2.45, 2.75) is 103 Å². The van der Waals surface area contributed by atoms with Crippen LogP contribution in [0, 0.1) is 0 Å². The van der Waals surface area contributed by atoms with E-state index in [4.69, 9.17) is 39.8 Å². The van der Waals surface area contributed by atoms with E-state index in [0.717, 1.165) is 17.9 Å². The van der Waals surface area contributed by atoms with Gasteiger partial charge in [0.05, 0.1) is 0 Å². The van der Waals surface area contributed by atoms with Crippen LogP contribution in [0.25, 0.3) is 0 Å². The smallest absolute Gasteiger partial charge is 0.759 e. The van der Waals surface area contributed by atoms with Gasteiger partial charge in [-0.2, -0.15) is 0 Å². The Morgan fingerprint density at radius 1 is 0.512 bits per heavy atom. The molecule has 0 aliphatic carbocycles. The zero-order valence-corrected chi connectivity index (χ0v) is 36.4. The second kappa shape index (κ2) is 35.3. The van der Waals surface area contributed by atoms with Crippen molar-refractivity contribution in [1.29, 1.82) is 0 Å². The summed E-state index contributed by atoms with van der Waals surface area (Å²) in [5.41, 5.74) is 1.33. The summed E-state index contributed by atoms with van der Waals surface area (Å²) in [4.78, 5) is 0. The maximum atomic E-state index is 8.52. The van der Waals surface area contributed by atoms with Crippen LogP contribution in [-0.2, 0) is 27.2 Å². The van der Waals surface area contributed by atoms with E-state index in [1.165, 1.54) is 95.5 Å². The minimum absolute atomic E-state index is 0. The van der Waals surface area contributed by atoms with Crippen LogP contribution < -0.4 is 123 Å². The minimum atomic E-state index is -5.17. The number of hydrogen-bond acceptors (Lipinski definition) is 9. The molecule has 0 saturated carbocycles. The van der Waals surface area contributed by atoms with Crippen molar-refractivity contribution in [3.63, 3.8) is 0 Å². The normalized spacial score (nSPS) is 10.1. The molecule has 0 fully saturated rings. The summed E-state index contributed by atoms with van der Waals surface area (Å²) in [6.07, 6.45) is 20.8. The van der Waals surface area contributed by atoms with Crippen molar-refractivity contribution in [1.82, 2.24) is 0 Å². The summed E-state index contributed by atoms with van der Waals surface area (Å²) in [7, 11) is -10.3. The number of rotatable bonds is 17. The molecule has 0 radical (unpaired) electrons. The third-order valence-electron chi connectivity index (χ3n) is 5.74. The van der Waals surface area contributed by atoms with Crippen molar-refractivity contribution in [2.24, 2.45) is 0 Å². The number of unbranched alkanes of at least 4 members (excludes halogenated alkanes) is 13. The van der Waals surface area contributed by atoms with Gasteiger partial charge in [0.15, 0.2) is 0 Å². The van der Waals surface area contributed by atoms with Crippen LogP contribution in [0.4, 0.5) is 0 Å². The fourth-order valence-corrected chi connectivity index (χ4v) is 3.94. The first kappa shape index (κ1) is 54.4. The van der Waals surface area contributed by atoms with Gasteiger partial charge in [-0.05, 0) is 36.6 Å². The van der Waals surface area contributed by atoms with Gasteiger partial charge in [0.2, 0.25) is 0 Å². The molecule has 0 saturated heterocycles. The van der Waals surface area contributed by atoms with Gasteiger partial charge in [0.25, 0.3) is 0 Å². The van der Waals surface area contributed by atoms with Crippen LogP contribution in [0.2, 0.25) is 0 Å². The Morgan fingerprint density at radius 2 is 0.837 bits per heavy atom. The molecule has 0 heterocycles. The average Bonchev–Trinajstić information content (AvgIpc) is 2.84. The zero-order valence-electron chi connectivity index (χ0n) is 26.8. The third-order valence-corrected chi connectivity index (χ3v) is 5.74. The van der Waals surface area contributed by atoms with E-state index < -0.39 is 20.8 Å². The summed E-state index contributed by atoms with van der Waals surface area (Å²) in [6.45, 7) is 2.29. The molecule has 0 N–H and O–H groups in total. The molecule has 2 rings (SSSR count). The minimum Gasteiger partial charge on any atom is -0.759 e. The van der Waals surface area contributed by atoms with Crippen molar-refractivity contribution in [2.75, 3.05) is 0 Å². The van der Waals surface area contributed by atoms with Gasteiger partial charge in [-0.15, -0.1) is 0 Å². The first-order valence-corrected chi connectivity index (χ1v) is 16.2. The zero-order chi connectivity index (χ0) is 29.4. The van der Waals surface area contributed by atoms with Gasteiger partial charge in [0.1, 0.15) is 11.5 Å². The molecule has 0 spiro atoms. The maximum Gasteiger partial charge on any atom is 1.00 e. The molecule has 0 bridgehead atoms. The monoisotopic (exact) mass is 678 g/mol. The van der Waals surface area contributed by atoms with Crippen molar-refractivity contribution >= 4 is 20.8 Å². The predicted octanol–water partition coefficient (Wildman–Crippen LogP) is -5.16. The molecule has 0 atom stereocenters. The van der Waals surface area contributed by atoms with Gasteiger partial charge < -0.3 is 22.9 Å². The number of aryl methyl sites for hydroxylation is 1. The number of para-hydroxylation sites is 2. The van der Waals surface area contributed by atoms with Gasteiger partial charge in [0, 0.05) is 20.8 Å². The summed E-state index contributed by atoms with van der Waals surface area (Å²) in [5, 5.41) is 0. The Kier molecular flexibility index (Phi) is 44.7. The summed E-state index contributed by atoms with van der Waals surface area (Å²) in [6, 6.07) is 18.6. The van der Waals surface area contributed by atoms with E-state index in [9.17, 15) is 0 Å². The average molecular weight is 679 g/mol. The number of benzene rings is 2. The van der Waals surface area contributed by atoms with Crippen molar-refractivity contribution < 1.29 is 158 Å². The first-order chi connectivity index (χ1) is 18.4. The van der Waals surface area contributed by atoms with Gasteiger partial charge in [-0.1, -0.05) is 127 Å². The molecule has 224 valence electrons. The molecule has 2 aromatic rings. The molecular formula is C28H42Na4O9S2.